The Labute approximate surface area is 142 Å². The molecule has 24 heavy (non-hydrogen) atoms. The van der Waals surface area contributed by atoms with Crippen LogP contribution < -0.4 is 10.6 Å². The first-order valence-corrected chi connectivity index (χ1v) is 9.17. The lowest BCUT2D eigenvalue weighted by molar-refractivity contribution is 0.157. The van der Waals surface area contributed by atoms with Gasteiger partial charge in [0.05, 0.1) is 0 Å². The third kappa shape index (κ3) is 2.42. The predicted molar refractivity (Wildman–Crippen MR) is 91.5 cm³/mol. The highest BCUT2D eigenvalue weighted by Gasteiger charge is 2.44. The van der Waals surface area contributed by atoms with E-state index in [1.54, 1.807) is 0 Å². The molecule has 0 radical (unpaired) electrons. The first kappa shape index (κ1) is 14.5. The first-order chi connectivity index (χ1) is 11.8. The lowest BCUT2D eigenvalue weighted by atomic mass is 9.68. The van der Waals surface area contributed by atoms with Crippen LogP contribution in [0.2, 0.25) is 0 Å². The molecule has 2 unspecified atom stereocenters. The number of nitrogens with zero attached hydrogens (tertiary/aromatic N) is 3. The van der Waals surface area contributed by atoms with E-state index in [4.69, 9.17) is 10.2 Å². The van der Waals surface area contributed by atoms with Gasteiger partial charge >= 0.3 is 6.01 Å². The van der Waals surface area contributed by atoms with Gasteiger partial charge in [0.1, 0.15) is 6.04 Å². The minimum absolute atomic E-state index is 0.354. The van der Waals surface area contributed by atoms with Gasteiger partial charge in [0.2, 0.25) is 5.89 Å². The molecular formula is C19H24N4O. The number of aromatic nitrogens is 2. The molecule has 4 aliphatic rings. The Morgan fingerprint density at radius 2 is 1.67 bits per heavy atom. The van der Waals surface area contributed by atoms with Crippen LogP contribution in [0, 0.1) is 17.8 Å². The number of nitrogens with two attached hydrogens (primary N) is 1. The van der Waals surface area contributed by atoms with Crippen LogP contribution in [0.15, 0.2) is 34.7 Å². The molecule has 0 amide bonds. The number of hydrogen-bond donors (Lipinski definition) is 1. The van der Waals surface area contributed by atoms with Crippen molar-refractivity contribution >= 4 is 6.01 Å². The van der Waals surface area contributed by atoms with Gasteiger partial charge in [0, 0.05) is 12.6 Å². The van der Waals surface area contributed by atoms with Gasteiger partial charge in [0.25, 0.3) is 0 Å². The van der Waals surface area contributed by atoms with E-state index in [1.165, 1.54) is 32.1 Å². The normalized spacial score (nSPS) is 32.8. The second kappa shape index (κ2) is 5.59. The van der Waals surface area contributed by atoms with Crippen LogP contribution in [0.5, 0.6) is 0 Å². The van der Waals surface area contributed by atoms with Crippen LogP contribution in [0.3, 0.4) is 0 Å². The summed E-state index contributed by atoms with van der Waals surface area (Å²) >= 11 is 0. The molecule has 4 fully saturated rings. The minimum atomic E-state index is -0.354. The highest BCUT2D eigenvalue weighted by Crippen LogP contribution is 2.48. The van der Waals surface area contributed by atoms with E-state index in [9.17, 15) is 0 Å². The molecule has 126 valence electrons. The van der Waals surface area contributed by atoms with Crippen LogP contribution in [-0.4, -0.2) is 22.8 Å². The molecule has 1 aromatic heterocycles. The Bertz CT molecular complexity index is 701. The Balaban J connectivity index is 1.41. The molecule has 2 aromatic rings. The molecule has 2 N–H and O–H groups in total. The van der Waals surface area contributed by atoms with E-state index in [2.05, 4.69) is 15.1 Å². The number of rotatable bonds is 3. The number of anilines is 1. The number of fused-ring (bicyclic) bond motifs is 1. The van der Waals surface area contributed by atoms with Crippen molar-refractivity contribution in [2.45, 2.75) is 44.2 Å². The van der Waals surface area contributed by atoms with Crippen molar-refractivity contribution in [3.8, 4) is 0 Å². The SMILES string of the molecule is N[C@H](c1ccccc1)c1nnc(N2CC3CC4CC(C3)CC2C4)o1. The average Bonchev–Trinajstić information content (AvgIpc) is 3.00. The molecule has 0 spiro atoms. The largest absolute Gasteiger partial charge is 0.406 e. The summed E-state index contributed by atoms with van der Waals surface area (Å²) in [6.07, 6.45) is 6.78. The summed E-state index contributed by atoms with van der Waals surface area (Å²) in [6, 6.07) is 10.8. The summed E-state index contributed by atoms with van der Waals surface area (Å²) in [5, 5.41) is 8.62. The summed E-state index contributed by atoms with van der Waals surface area (Å²) in [4.78, 5) is 2.39. The maximum Gasteiger partial charge on any atom is 0.318 e. The molecule has 3 atom stereocenters. The fourth-order valence-electron chi connectivity index (χ4n) is 5.29. The smallest absolute Gasteiger partial charge is 0.318 e. The highest BCUT2D eigenvalue weighted by molar-refractivity contribution is 5.31. The average molecular weight is 324 g/mol. The van der Waals surface area contributed by atoms with E-state index >= 15 is 0 Å². The summed E-state index contributed by atoms with van der Waals surface area (Å²) in [7, 11) is 0. The molecule has 4 bridgehead atoms. The van der Waals surface area contributed by atoms with Gasteiger partial charge < -0.3 is 15.1 Å². The van der Waals surface area contributed by atoms with Crippen LogP contribution in [0.1, 0.15) is 49.6 Å². The Morgan fingerprint density at radius 1 is 0.958 bits per heavy atom. The van der Waals surface area contributed by atoms with Gasteiger partial charge in [-0.2, -0.15) is 0 Å². The quantitative estimate of drug-likeness (QED) is 0.939. The monoisotopic (exact) mass is 324 g/mol. The zero-order valence-electron chi connectivity index (χ0n) is 13.8. The summed E-state index contributed by atoms with van der Waals surface area (Å²) in [6.45, 7) is 1.07. The van der Waals surface area contributed by atoms with Crippen LogP contribution in [0.4, 0.5) is 6.01 Å². The molecule has 3 heterocycles. The molecule has 2 saturated carbocycles. The van der Waals surface area contributed by atoms with Crippen molar-refractivity contribution in [2.24, 2.45) is 23.5 Å². The Hall–Kier alpha value is -1.88. The van der Waals surface area contributed by atoms with Crippen molar-refractivity contribution < 1.29 is 4.42 Å². The molecule has 5 nitrogen and oxygen atoms in total. The molecule has 1 aromatic carbocycles. The van der Waals surface area contributed by atoms with Crippen LogP contribution in [-0.2, 0) is 0 Å². The maximum atomic E-state index is 6.31. The lowest BCUT2D eigenvalue weighted by Crippen LogP contribution is -2.38. The van der Waals surface area contributed by atoms with Gasteiger partial charge in [0.15, 0.2) is 0 Å². The number of benzene rings is 1. The van der Waals surface area contributed by atoms with Gasteiger partial charge in [-0.1, -0.05) is 35.4 Å². The zero-order valence-corrected chi connectivity index (χ0v) is 13.8. The van der Waals surface area contributed by atoms with E-state index in [0.717, 1.165) is 29.9 Å². The van der Waals surface area contributed by atoms with E-state index in [0.29, 0.717) is 17.9 Å². The summed E-state index contributed by atoms with van der Waals surface area (Å²) in [5.41, 5.74) is 7.31. The second-order valence-electron chi connectivity index (χ2n) is 7.89. The minimum Gasteiger partial charge on any atom is -0.406 e. The van der Waals surface area contributed by atoms with E-state index in [1.807, 2.05) is 30.3 Å². The van der Waals surface area contributed by atoms with Crippen molar-refractivity contribution in [2.75, 3.05) is 11.4 Å². The summed E-state index contributed by atoms with van der Waals surface area (Å²) in [5.74, 6) is 3.12. The standard InChI is InChI=1S/C19H24N4O/c20-17(15-4-2-1-3-5-15)18-21-22-19(24-18)23-11-14-7-12-6-13(8-14)10-16(23)9-12/h1-5,12-14,16-17H,6-11,20H2/t12?,13?,14?,16?,17-/m1/s1. The third-order valence-corrected chi connectivity index (χ3v) is 6.21. The topological polar surface area (TPSA) is 68.2 Å². The highest BCUT2D eigenvalue weighted by atomic mass is 16.4. The van der Waals surface area contributed by atoms with E-state index in [-0.39, 0.29) is 6.04 Å². The van der Waals surface area contributed by atoms with Crippen LogP contribution in [0.25, 0.3) is 0 Å². The van der Waals surface area contributed by atoms with Crippen molar-refractivity contribution in [1.82, 2.24) is 10.2 Å². The summed E-state index contributed by atoms with van der Waals surface area (Å²) < 4.78 is 6.03. The van der Waals surface area contributed by atoms with Crippen molar-refractivity contribution in [1.29, 1.82) is 0 Å². The van der Waals surface area contributed by atoms with Gasteiger partial charge in [-0.05, 0) is 55.4 Å². The fourth-order valence-corrected chi connectivity index (χ4v) is 5.29. The van der Waals surface area contributed by atoms with Gasteiger partial charge in [-0.25, -0.2) is 0 Å². The van der Waals surface area contributed by atoms with Crippen molar-refractivity contribution in [3.63, 3.8) is 0 Å². The van der Waals surface area contributed by atoms with Gasteiger partial charge in [-0.15, -0.1) is 5.10 Å². The number of hydrogen-bond acceptors (Lipinski definition) is 5. The Morgan fingerprint density at radius 3 is 2.42 bits per heavy atom. The zero-order chi connectivity index (χ0) is 16.1. The van der Waals surface area contributed by atoms with Crippen LogP contribution >= 0.6 is 0 Å². The molecule has 2 saturated heterocycles. The lowest BCUT2D eigenvalue weighted by Gasteiger charge is -2.38. The molecular weight excluding hydrogens is 300 g/mol. The molecule has 2 aliphatic heterocycles. The Kier molecular flexibility index (Phi) is 3.37. The van der Waals surface area contributed by atoms with Gasteiger partial charge in [-0.3, -0.25) is 0 Å². The first-order valence-electron chi connectivity index (χ1n) is 9.17. The van der Waals surface area contributed by atoms with E-state index < -0.39 is 0 Å². The third-order valence-electron chi connectivity index (χ3n) is 6.21. The second-order valence-corrected chi connectivity index (χ2v) is 7.89. The molecule has 6 rings (SSSR count). The molecule has 5 heteroatoms. The fraction of sp³-hybridized carbons (Fsp3) is 0.579. The maximum absolute atomic E-state index is 6.31. The van der Waals surface area contributed by atoms with Crippen molar-refractivity contribution in [3.05, 3.63) is 41.8 Å². The predicted octanol–water partition coefficient (Wildman–Crippen LogP) is 3.13. The molecule has 2 aliphatic carbocycles.